The average molecular weight is 223 g/mol. The Labute approximate surface area is 95.2 Å². The molecule has 1 aliphatic rings. The molecule has 0 radical (unpaired) electrons. The van der Waals surface area contributed by atoms with Gasteiger partial charge in [-0.05, 0) is 37.3 Å². The van der Waals surface area contributed by atoms with Crippen molar-refractivity contribution in [2.45, 2.75) is 31.7 Å². The van der Waals surface area contributed by atoms with Crippen LogP contribution in [0, 0.1) is 0 Å². The van der Waals surface area contributed by atoms with E-state index >= 15 is 0 Å². The fraction of sp³-hybridized carbons (Fsp3) is 0.417. The zero-order valence-corrected chi connectivity index (χ0v) is 9.37. The molecule has 1 atom stereocenters. The van der Waals surface area contributed by atoms with Gasteiger partial charge in [0.25, 0.3) is 0 Å². The highest BCUT2D eigenvalue weighted by Gasteiger charge is 2.13. The summed E-state index contributed by atoms with van der Waals surface area (Å²) in [5.41, 5.74) is 8.39. The summed E-state index contributed by atoms with van der Waals surface area (Å²) in [6, 6.07) is 2.26. The Kier molecular flexibility index (Phi) is 3.39. The first-order valence-corrected chi connectivity index (χ1v) is 5.68. The minimum Gasteiger partial charge on any atom is -0.327 e. The van der Waals surface area contributed by atoms with Gasteiger partial charge >= 0.3 is 0 Å². The molecule has 1 heterocycles. The van der Waals surface area contributed by atoms with Gasteiger partial charge in [-0.2, -0.15) is 0 Å². The molecule has 0 saturated heterocycles. The van der Waals surface area contributed by atoms with Crippen LogP contribution in [0.2, 0.25) is 5.02 Å². The highest BCUT2D eigenvalue weighted by Crippen LogP contribution is 2.26. The van der Waals surface area contributed by atoms with Gasteiger partial charge in [0.05, 0.1) is 5.02 Å². The smallest absolute Gasteiger partial charge is 0.0661 e. The third-order valence-corrected chi connectivity index (χ3v) is 3.08. The predicted octanol–water partition coefficient (Wildman–Crippen LogP) is 3.02. The number of rotatable bonds is 1. The molecule has 15 heavy (non-hydrogen) atoms. The summed E-state index contributed by atoms with van der Waals surface area (Å²) in [4.78, 5) is 3.97. The van der Waals surface area contributed by atoms with Crippen molar-refractivity contribution in [1.29, 1.82) is 0 Å². The van der Waals surface area contributed by atoms with Crippen LogP contribution < -0.4 is 5.73 Å². The van der Waals surface area contributed by atoms with E-state index in [0.29, 0.717) is 11.1 Å². The lowest BCUT2D eigenvalue weighted by molar-refractivity contribution is 0.520. The maximum atomic E-state index is 6.04. The van der Waals surface area contributed by atoms with Crippen molar-refractivity contribution in [2.75, 3.05) is 0 Å². The molecule has 0 spiro atoms. The van der Waals surface area contributed by atoms with Crippen LogP contribution in [0.15, 0.2) is 24.0 Å². The van der Waals surface area contributed by atoms with Crippen molar-refractivity contribution in [1.82, 2.24) is 4.98 Å². The monoisotopic (exact) mass is 222 g/mol. The van der Waals surface area contributed by atoms with E-state index in [1.54, 1.807) is 12.4 Å². The molecule has 1 aromatic rings. The fourth-order valence-electron chi connectivity index (χ4n) is 1.99. The summed E-state index contributed by atoms with van der Waals surface area (Å²) >= 11 is 6.04. The molecule has 0 amide bonds. The van der Waals surface area contributed by atoms with Crippen molar-refractivity contribution in [3.05, 3.63) is 34.6 Å². The number of halogens is 1. The number of nitrogens with two attached hydrogens (primary N) is 1. The van der Waals surface area contributed by atoms with Gasteiger partial charge in [-0.3, -0.25) is 4.98 Å². The largest absolute Gasteiger partial charge is 0.327 e. The molecule has 0 aliphatic heterocycles. The van der Waals surface area contributed by atoms with E-state index in [9.17, 15) is 0 Å². The Balaban J connectivity index is 2.18. The number of hydrogen-bond acceptors (Lipinski definition) is 2. The van der Waals surface area contributed by atoms with Crippen LogP contribution in [0.4, 0.5) is 0 Å². The third-order valence-electron chi connectivity index (χ3n) is 2.76. The van der Waals surface area contributed by atoms with Gasteiger partial charge < -0.3 is 5.73 Å². The second kappa shape index (κ2) is 4.77. The Morgan fingerprint density at radius 1 is 1.53 bits per heavy atom. The molecule has 80 valence electrons. The Bertz CT molecular complexity index is 374. The van der Waals surface area contributed by atoms with E-state index in [1.807, 2.05) is 6.07 Å². The molecule has 1 unspecified atom stereocenters. The van der Waals surface area contributed by atoms with Crippen LogP contribution in [0.3, 0.4) is 0 Å². The van der Waals surface area contributed by atoms with Gasteiger partial charge in [0.1, 0.15) is 0 Å². The molecule has 0 bridgehead atoms. The van der Waals surface area contributed by atoms with E-state index in [0.717, 1.165) is 24.8 Å². The minimum absolute atomic E-state index is 0.325. The summed E-state index contributed by atoms with van der Waals surface area (Å²) in [5, 5.41) is 0.712. The first-order valence-electron chi connectivity index (χ1n) is 5.30. The molecular weight excluding hydrogens is 208 g/mol. The van der Waals surface area contributed by atoms with Crippen LogP contribution in [0.25, 0.3) is 6.08 Å². The standard InChI is InChI=1S/C12H15ClN2/c13-12-8-15-5-4-10(12)6-9-2-1-3-11(14)7-9/h4-6,8,11H,1-3,7,14H2. The summed E-state index contributed by atoms with van der Waals surface area (Å²) in [5.74, 6) is 0. The zero-order chi connectivity index (χ0) is 10.7. The predicted molar refractivity (Wildman–Crippen MR) is 63.7 cm³/mol. The topological polar surface area (TPSA) is 38.9 Å². The molecule has 1 saturated carbocycles. The van der Waals surface area contributed by atoms with Crippen molar-refractivity contribution in [3.8, 4) is 0 Å². The maximum Gasteiger partial charge on any atom is 0.0661 e. The molecule has 3 heteroatoms. The van der Waals surface area contributed by atoms with Crippen LogP contribution in [-0.4, -0.2) is 11.0 Å². The normalized spacial score (nSPS) is 24.4. The van der Waals surface area contributed by atoms with Gasteiger partial charge in [-0.15, -0.1) is 0 Å². The lowest BCUT2D eigenvalue weighted by atomic mass is 9.90. The molecule has 1 aromatic heterocycles. The second-order valence-corrected chi connectivity index (χ2v) is 4.46. The zero-order valence-electron chi connectivity index (χ0n) is 8.62. The summed E-state index contributed by atoms with van der Waals surface area (Å²) in [6.45, 7) is 0. The lowest BCUT2D eigenvalue weighted by Crippen LogP contribution is -2.23. The van der Waals surface area contributed by atoms with Crippen LogP contribution in [-0.2, 0) is 0 Å². The molecule has 2 N–H and O–H groups in total. The van der Waals surface area contributed by atoms with E-state index in [-0.39, 0.29) is 0 Å². The number of aromatic nitrogens is 1. The van der Waals surface area contributed by atoms with E-state index in [4.69, 9.17) is 17.3 Å². The van der Waals surface area contributed by atoms with Crippen molar-refractivity contribution < 1.29 is 0 Å². The fourth-order valence-corrected chi connectivity index (χ4v) is 2.16. The van der Waals surface area contributed by atoms with E-state index < -0.39 is 0 Å². The minimum atomic E-state index is 0.325. The van der Waals surface area contributed by atoms with Gasteiger partial charge in [0.2, 0.25) is 0 Å². The first-order chi connectivity index (χ1) is 7.25. The van der Waals surface area contributed by atoms with E-state index in [2.05, 4.69) is 11.1 Å². The number of pyridine rings is 1. The second-order valence-electron chi connectivity index (χ2n) is 4.06. The van der Waals surface area contributed by atoms with Gasteiger partial charge in [-0.1, -0.05) is 23.3 Å². The Hall–Kier alpha value is -0.860. The van der Waals surface area contributed by atoms with Gasteiger partial charge in [0.15, 0.2) is 0 Å². The molecular formula is C12H15ClN2. The molecule has 1 fully saturated rings. The highest BCUT2D eigenvalue weighted by molar-refractivity contribution is 6.31. The maximum absolute atomic E-state index is 6.04. The first kappa shape index (κ1) is 10.7. The summed E-state index contributed by atoms with van der Waals surface area (Å²) in [7, 11) is 0. The number of nitrogens with zero attached hydrogens (tertiary/aromatic N) is 1. The average Bonchev–Trinajstić information content (AvgIpc) is 2.22. The Morgan fingerprint density at radius 3 is 3.13 bits per heavy atom. The van der Waals surface area contributed by atoms with Crippen molar-refractivity contribution in [2.24, 2.45) is 5.73 Å². The molecule has 2 rings (SSSR count). The molecule has 0 aromatic carbocycles. The summed E-state index contributed by atoms with van der Waals surface area (Å²) < 4.78 is 0. The highest BCUT2D eigenvalue weighted by atomic mass is 35.5. The van der Waals surface area contributed by atoms with Gasteiger partial charge in [-0.25, -0.2) is 0 Å². The quantitative estimate of drug-likeness (QED) is 0.794. The number of hydrogen-bond donors (Lipinski definition) is 1. The lowest BCUT2D eigenvalue weighted by Gasteiger charge is -2.20. The van der Waals surface area contributed by atoms with Crippen molar-refractivity contribution in [3.63, 3.8) is 0 Å². The molecule has 1 aliphatic carbocycles. The van der Waals surface area contributed by atoms with Crippen LogP contribution in [0.1, 0.15) is 31.2 Å². The van der Waals surface area contributed by atoms with Crippen molar-refractivity contribution >= 4 is 17.7 Å². The summed E-state index contributed by atoms with van der Waals surface area (Å²) in [6.07, 6.45) is 10.1. The van der Waals surface area contributed by atoms with E-state index in [1.165, 1.54) is 12.0 Å². The van der Waals surface area contributed by atoms with Crippen LogP contribution >= 0.6 is 11.6 Å². The van der Waals surface area contributed by atoms with Gasteiger partial charge in [0, 0.05) is 18.4 Å². The third kappa shape index (κ3) is 2.80. The molecule has 2 nitrogen and oxygen atoms in total. The van der Waals surface area contributed by atoms with Crippen LogP contribution in [0.5, 0.6) is 0 Å². The SMILES string of the molecule is NC1CCCC(=Cc2ccncc2Cl)C1. The Morgan fingerprint density at radius 2 is 2.40 bits per heavy atom.